The molecule has 0 fully saturated rings. The third-order valence-electron chi connectivity index (χ3n) is 3.51. The van der Waals surface area contributed by atoms with Crippen LogP contribution in [-0.2, 0) is 16.6 Å². The molecular formula is C15H30N6O2S. The summed E-state index contributed by atoms with van der Waals surface area (Å²) < 4.78 is 27.1. The lowest BCUT2D eigenvalue weighted by Crippen LogP contribution is -2.39. The number of guanidine groups is 1. The minimum atomic E-state index is -3.10. The molecule has 0 bridgehead atoms. The number of nitrogens with one attached hydrogen (secondary N) is 3. The summed E-state index contributed by atoms with van der Waals surface area (Å²) >= 11 is 0. The molecule has 9 heteroatoms. The molecule has 0 spiro atoms. The Kier molecular flexibility index (Phi) is 8.77. The maximum atomic E-state index is 11.3. The van der Waals surface area contributed by atoms with Gasteiger partial charge in [0.25, 0.3) is 0 Å². The standard InChI is InChI=1S/C15H30N6O2S/c1-5-24(22,23)19-10-6-8-17-15(16-4)18-9-7-11-21-14(3)12-13(2)20-21/h12,19H,5-11H2,1-4H3,(H2,16,17,18). The maximum Gasteiger partial charge on any atom is 0.211 e. The van der Waals surface area contributed by atoms with Crippen molar-refractivity contribution in [3.05, 3.63) is 17.5 Å². The van der Waals surface area contributed by atoms with Crippen molar-refractivity contribution < 1.29 is 8.42 Å². The van der Waals surface area contributed by atoms with Gasteiger partial charge in [0.15, 0.2) is 5.96 Å². The molecule has 8 nitrogen and oxygen atoms in total. The molecule has 1 heterocycles. The molecule has 138 valence electrons. The average Bonchev–Trinajstić information content (AvgIpc) is 2.86. The van der Waals surface area contributed by atoms with Gasteiger partial charge in [-0.15, -0.1) is 0 Å². The second kappa shape index (κ2) is 10.3. The van der Waals surface area contributed by atoms with Crippen molar-refractivity contribution in [2.75, 3.05) is 32.4 Å². The summed E-state index contributed by atoms with van der Waals surface area (Å²) in [7, 11) is -1.39. The quantitative estimate of drug-likeness (QED) is 0.319. The van der Waals surface area contributed by atoms with Crippen LogP contribution in [0, 0.1) is 13.8 Å². The van der Waals surface area contributed by atoms with Gasteiger partial charge in [0, 0.05) is 38.9 Å². The summed E-state index contributed by atoms with van der Waals surface area (Å²) in [4.78, 5) is 4.15. The van der Waals surface area contributed by atoms with Crippen molar-refractivity contribution in [1.82, 2.24) is 25.1 Å². The zero-order valence-corrected chi connectivity index (χ0v) is 15.9. The van der Waals surface area contributed by atoms with Crippen LogP contribution in [0.4, 0.5) is 0 Å². The lowest BCUT2D eigenvalue weighted by molar-refractivity contribution is 0.554. The molecule has 0 aromatic carbocycles. The predicted octanol–water partition coefficient (Wildman–Crippen LogP) is 0.384. The van der Waals surface area contributed by atoms with Gasteiger partial charge in [-0.05, 0) is 39.7 Å². The Morgan fingerprint density at radius 1 is 1.21 bits per heavy atom. The van der Waals surface area contributed by atoms with Gasteiger partial charge in [-0.2, -0.15) is 5.10 Å². The lowest BCUT2D eigenvalue weighted by atomic mass is 10.4. The maximum absolute atomic E-state index is 11.3. The summed E-state index contributed by atoms with van der Waals surface area (Å²) in [6, 6.07) is 2.07. The highest BCUT2D eigenvalue weighted by Crippen LogP contribution is 2.02. The third kappa shape index (κ3) is 7.78. The molecule has 0 saturated carbocycles. The Morgan fingerprint density at radius 3 is 2.42 bits per heavy atom. The molecule has 24 heavy (non-hydrogen) atoms. The Bertz CT molecular complexity index is 624. The zero-order chi connectivity index (χ0) is 18.0. The molecule has 0 amide bonds. The normalized spacial score (nSPS) is 12.4. The van der Waals surface area contributed by atoms with E-state index in [1.54, 1.807) is 14.0 Å². The van der Waals surface area contributed by atoms with E-state index in [1.165, 1.54) is 5.69 Å². The van der Waals surface area contributed by atoms with E-state index in [4.69, 9.17) is 0 Å². The highest BCUT2D eigenvalue weighted by Gasteiger charge is 2.05. The van der Waals surface area contributed by atoms with Crippen LogP contribution in [0.2, 0.25) is 0 Å². The van der Waals surface area contributed by atoms with Gasteiger partial charge in [-0.25, -0.2) is 13.1 Å². The van der Waals surface area contributed by atoms with Crippen molar-refractivity contribution in [3.8, 4) is 0 Å². The van der Waals surface area contributed by atoms with E-state index in [-0.39, 0.29) is 5.75 Å². The first kappa shape index (κ1) is 20.4. The average molecular weight is 359 g/mol. The summed E-state index contributed by atoms with van der Waals surface area (Å²) in [5.41, 5.74) is 2.21. The molecule has 0 atom stereocenters. The van der Waals surface area contributed by atoms with Crippen LogP contribution in [0.1, 0.15) is 31.2 Å². The molecule has 1 rings (SSSR count). The second-order valence-electron chi connectivity index (χ2n) is 5.58. The molecule has 0 saturated heterocycles. The van der Waals surface area contributed by atoms with Crippen LogP contribution in [-0.4, -0.2) is 56.6 Å². The Labute approximate surface area is 145 Å². The number of aliphatic imine (C=N–C) groups is 1. The number of aryl methyl sites for hydroxylation is 3. The molecule has 1 aromatic rings. The minimum Gasteiger partial charge on any atom is -0.356 e. The summed E-state index contributed by atoms with van der Waals surface area (Å²) in [6.07, 6.45) is 1.64. The number of sulfonamides is 1. The van der Waals surface area contributed by atoms with Gasteiger partial charge < -0.3 is 10.6 Å². The van der Waals surface area contributed by atoms with Crippen LogP contribution in [0.5, 0.6) is 0 Å². The fourth-order valence-corrected chi connectivity index (χ4v) is 2.84. The molecule has 0 aliphatic heterocycles. The van der Waals surface area contributed by atoms with Crippen molar-refractivity contribution in [2.24, 2.45) is 4.99 Å². The molecule has 0 aliphatic rings. The van der Waals surface area contributed by atoms with E-state index in [2.05, 4.69) is 38.4 Å². The number of aromatic nitrogens is 2. The van der Waals surface area contributed by atoms with E-state index in [9.17, 15) is 8.42 Å². The van der Waals surface area contributed by atoms with Crippen LogP contribution in [0.15, 0.2) is 11.1 Å². The number of rotatable bonds is 10. The van der Waals surface area contributed by atoms with Crippen molar-refractivity contribution in [1.29, 1.82) is 0 Å². The molecule has 3 N–H and O–H groups in total. The summed E-state index contributed by atoms with van der Waals surface area (Å²) in [5.74, 6) is 0.834. The topological polar surface area (TPSA) is 100 Å². The van der Waals surface area contributed by atoms with Crippen LogP contribution < -0.4 is 15.4 Å². The number of nitrogens with zero attached hydrogens (tertiary/aromatic N) is 3. The van der Waals surface area contributed by atoms with E-state index < -0.39 is 10.0 Å². The molecule has 0 radical (unpaired) electrons. The highest BCUT2D eigenvalue weighted by molar-refractivity contribution is 7.89. The lowest BCUT2D eigenvalue weighted by Gasteiger charge is -2.12. The Balaban J connectivity index is 2.16. The molecule has 1 aromatic heterocycles. The zero-order valence-electron chi connectivity index (χ0n) is 15.1. The summed E-state index contributed by atoms with van der Waals surface area (Å²) in [6.45, 7) is 8.41. The van der Waals surface area contributed by atoms with Gasteiger partial charge >= 0.3 is 0 Å². The molecule has 0 unspecified atom stereocenters. The van der Waals surface area contributed by atoms with E-state index in [0.29, 0.717) is 19.5 Å². The van der Waals surface area contributed by atoms with Gasteiger partial charge in [-0.1, -0.05) is 0 Å². The van der Waals surface area contributed by atoms with Crippen molar-refractivity contribution in [3.63, 3.8) is 0 Å². The van der Waals surface area contributed by atoms with Crippen LogP contribution in [0.25, 0.3) is 0 Å². The smallest absolute Gasteiger partial charge is 0.211 e. The van der Waals surface area contributed by atoms with Crippen LogP contribution in [0.3, 0.4) is 0 Å². The largest absolute Gasteiger partial charge is 0.356 e. The van der Waals surface area contributed by atoms with Crippen molar-refractivity contribution in [2.45, 2.75) is 40.2 Å². The van der Waals surface area contributed by atoms with Gasteiger partial charge in [0.2, 0.25) is 10.0 Å². The Hall–Kier alpha value is -1.61. The number of hydrogen-bond acceptors (Lipinski definition) is 4. The van der Waals surface area contributed by atoms with E-state index >= 15 is 0 Å². The Morgan fingerprint density at radius 2 is 1.88 bits per heavy atom. The summed E-state index contributed by atoms with van der Waals surface area (Å²) in [5, 5.41) is 10.8. The van der Waals surface area contributed by atoms with E-state index in [1.807, 2.05) is 11.6 Å². The SMILES string of the molecule is CCS(=O)(=O)NCCCNC(=NC)NCCCn1nc(C)cc1C. The van der Waals surface area contributed by atoms with Gasteiger partial charge in [-0.3, -0.25) is 9.67 Å². The second-order valence-corrected chi connectivity index (χ2v) is 7.68. The molecule has 0 aliphatic carbocycles. The van der Waals surface area contributed by atoms with Crippen LogP contribution >= 0.6 is 0 Å². The fourth-order valence-electron chi connectivity index (χ4n) is 2.18. The van der Waals surface area contributed by atoms with E-state index in [0.717, 1.165) is 31.2 Å². The number of hydrogen-bond donors (Lipinski definition) is 3. The van der Waals surface area contributed by atoms with Gasteiger partial charge in [0.05, 0.1) is 11.4 Å². The highest BCUT2D eigenvalue weighted by atomic mass is 32.2. The van der Waals surface area contributed by atoms with Gasteiger partial charge in [0.1, 0.15) is 0 Å². The third-order valence-corrected chi connectivity index (χ3v) is 4.92. The predicted molar refractivity (Wildman–Crippen MR) is 97.8 cm³/mol. The first-order valence-corrected chi connectivity index (χ1v) is 9.96. The first-order chi connectivity index (χ1) is 11.4. The van der Waals surface area contributed by atoms with Crippen molar-refractivity contribution >= 4 is 16.0 Å². The minimum absolute atomic E-state index is 0.110. The monoisotopic (exact) mass is 358 g/mol. The fraction of sp³-hybridized carbons (Fsp3) is 0.733. The molecular weight excluding hydrogens is 328 g/mol. The first-order valence-electron chi connectivity index (χ1n) is 8.31.